The molecule has 0 bridgehead atoms. The van der Waals surface area contributed by atoms with E-state index in [1.54, 1.807) is 6.07 Å². The molecule has 3 rings (SSSR count). The van der Waals surface area contributed by atoms with E-state index in [1.165, 1.54) is 11.6 Å². The second kappa shape index (κ2) is 5.14. The van der Waals surface area contributed by atoms with Crippen LogP contribution in [0.4, 0.5) is 15.8 Å². The fourth-order valence-corrected chi connectivity index (χ4v) is 3.30. The normalized spacial score (nSPS) is 13.7. The van der Waals surface area contributed by atoms with E-state index in [2.05, 4.69) is 20.8 Å². The summed E-state index contributed by atoms with van der Waals surface area (Å²) in [5.74, 6) is -0.210. The van der Waals surface area contributed by atoms with Crippen molar-refractivity contribution in [1.82, 2.24) is 0 Å². The quantitative estimate of drug-likeness (QED) is 0.690. The van der Waals surface area contributed by atoms with Crippen LogP contribution in [0.25, 0.3) is 0 Å². The number of rotatable bonds is 2. The highest BCUT2D eigenvalue weighted by atomic mass is 79.9. The highest BCUT2D eigenvalue weighted by Crippen LogP contribution is 2.41. The van der Waals surface area contributed by atoms with Crippen molar-refractivity contribution in [3.63, 3.8) is 0 Å². The average molecular weight is 341 g/mol. The van der Waals surface area contributed by atoms with Gasteiger partial charge in [-0.25, -0.2) is 4.39 Å². The van der Waals surface area contributed by atoms with Crippen LogP contribution in [0, 0.1) is 5.82 Å². The van der Waals surface area contributed by atoms with Crippen molar-refractivity contribution < 1.29 is 4.39 Å². The molecule has 1 nitrogen and oxygen atoms in total. The van der Waals surface area contributed by atoms with Crippen LogP contribution < -0.4 is 4.90 Å². The molecule has 1 aliphatic heterocycles. The standard InChI is InChI=1S/C15H12BrClFN/c16-9-11-2-1-3-13(17)15(11)19-7-6-10-4-5-12(18)8-14(10)19/h1-5,8H,6-7,9H2. The Morgan fingerprint density at radius 2 is 2.11 bits per heavy atom. The van der Waals surface area contributed by atoms with E-state index < -0.39 is 0 Å². The molecular formula is C15H12BrClFN. The molecule has 0 fully saturated rings. The lowest BCUT2D eigenvalue weighted by Gasteiger charge is -2.23. The molecular weight excluding hydrogens is 329 g/mol. The number of anilines is 2. The number of para-hydroxylation sites is 1. The third-order valence-electron chi connectivity index (χ3n) is 3.43. The molecule has 19 heavy (non-hydrogen) atoms. The van der Waals surface area contributed by atoms with Crippen LogP contribution in [0.3, 0.4) is 0 Å². The molecule has 0 N–H and O–H groups in total. The second-order valence-corrected chi connectivity index (χ2v) is 5.52. The van der Waals surface area contributed by atoms with Crippen molar-refractivity contribution in [1.29, 1.82) is 0 Å². The van der Waals surface area contributed by atoms with Gasteiger partial charge in [0.05, 0.1) is 10.7 Å². The van der Waals surface area contributed by atoms with E-state index in [0.717, 1.165) is 35.2 Å². The molecule has 2 aromatic carbocycles. The fraction of sp³-hybridized carbons (Fsp3) is 0.200. The fourth-order valence-electron chi connectivity index (χ4n) is 2.55. The van der Waals surface area contributed by atoms with Gasteiger partial charge >= 0.3 is 0 Å². The molecule has 0 amide bonds. The number of fused-ring (bicyclic) bond motifs is 1. The van der Waals surface area contributed by atoms with Crippen molar-refractivity contribution >= 4 is 38.9 Å². The molecule has 0 aliphatic carbocycles. The molecule has 1 aliphatic rings. The molecule has 0 spiro atoms. The molecule has 0 unspecified atom stereocenters. The van der Waals surface area contributed by atoms with E-state index in [1.807, 2.05) is 24.3 Å². The van der Waals surface area contributed by atoms with Gasteiger partial charge in [-0.1, -0.05) is 45.7 Å². The van der Waals surface area contributed by atoms with E-state index in [0.29, 0.717) is 5.02 Å². The van der Waals surface area contributed by atoms with Gasteiger partial charge in [-0.15, -0.1) is 0 Å². The monoisotopic (exact) mass is 339 g/mol. The third-order valence-corrected chi connectivity index (χ3v) is 4.34. The Bertz CT molecular complexity index is 630. The highest BCUT2D eigenvalue weighted by Gasteiger charge is 2.24. The van der Waals surface area contributed by atoms with Gasteiger partial charge in [0.1, 0.15) is 5.82 Å². The SMILES string of the molecule is Fc1ccc2c(c1)N(c1c(Cl)cccc1CBr)CC2. The van der Waals surface area contributed by atoms with Crippen LogP contribution >= 0.6 is 27.5 Å². The Morgan fingerprint density at radius 1 is 1.26 bits per heavy atom. The summed E-state index contributed by atoms with van der Waals surface area (Å²) in [5, 5.41) is 1.43. The van der Waals surface area contributed by atoms with Gasteiger partial charge in [-0.2, -0.15) is 0 Å². The zero-order chi connectivity index (χ0) is 13.4. The largest absolute Gasteiger partial charge is 0.339 e. The molecule has 0 atom stereocenters. The van der Waals surface area contributed by atoms with Crippen molar-refractivity contribution in [3.8, 4) is 0 Å². The lowest BCUT2D eigenvalue weighted by atomic mass is 10.1. The molecule has 98 valence electrons. The molecule has 0 saturated carbocycles. The Kier molecular flexibility index (Phi) is 3.50. The average Bonchev–Trinajstić information content (AvgIpc) is 2.81. The molecule has 0 radical (unpaired) electrons. The first kappa shape index (κ1) is 12.9. The lowest BCUT2D eigenvalue weighted by molar-refractivity contribution is 0.628. The summed E-state index contributed by atoms with van der Waals surface area (Å²) in [6.45, 7) is 0.836. The minimum absolute atomic E-state index is 0.210. The van der Waals surface area contributed by atoms with Crippen LogP contribution in [0.2, 0.25) is 5.02 Å². The first-order valence-electron chi connectivity index (χ1n) is 6.10. The van der Waals surface area contributed by atoms with Crippen LogP contribution in [-0.2, 0) is 11.8 Å². The highest BCUT2D eigenvalue weighted by molar-refractivity contribution is 9.08. The summed E-state index contributed by atoms with van der Waals surface area (Å²) < 4.78 is 13.5. The second-order valence-electron chi connectivity index (χ2n) is 4.56. The van der Waals surface area contributed by atoms with E-state index in [-0.39, 0.29) is 5.82 Å². The van der Waals surface area contributed by atoms with Crippen LogP contribution in [0.1, 0.15) is 11.1 Å². The van der Waals surface area contributed by atoms with Crippen molar-refractivity contribution in [3.05, 3.63) is 58.4 Å². The van der Waals surface area contributed by atoms with E-state index in [9.17, 15) is 4.39 Å². The summed E-state index contributed by atoms with van der Waals surface area (Å²) >= 11 is 9.82. The zero-order valence-corrected chi connectivity index (χ0v) is 12.5. The molecule has 2 aromatic rings. The van der Waals surface area contributed by atoms with Gasteiger partial charge < -0.3 is 4.90 Å². The summed E-state index contributed by atoms with van der Waals surface area (Å²) in [6, 6.07) is 10.8. The maximum absolute atomic E-state index is 13.5. The van der Waals surface area contributed by atoms with Crippen molar-refractivity contribution in [2.45, 2.75) is 11.8 Å². The van der Waals surface area contributed by atoms with Gasteiger partial charge in [0.2, 0.25) is 0 Å². The minimum atomic E-state index is -0.210. The number of benzene rings is 2. The Morgan fingerprint density at radius 3 is 2.89 bits per heavy atom. The molecule has 0 saturated heterocycles. The number of hydrogen-bond acceptors (Lipinski definition) is 1. The third kappa shape index (κ3) is 2.26. The lowest BCUT2D eigenvalue weighted by Crippen LogP contribution is -2.15. The zero-order valence-electron chi connectivity index (χ0n) is 10.2. The van der Waals surface area contributed by atoms with Gasteiger partial charge in [0.15, 0.2) is 0 Å². The Labute approximate surface area is 125 Å². The number of nitrogens with zero attached hydrogens (tertiary/aromatic N) is 1. The maximum Gasteiger partial charge on any atom is 0.125 e. The van der Waals surface area contributed by atoms with E-state index >= 15 is 0 Å². The predicted molar refractivity (Wildman–Crippen MR) is 81.2 cm³/mol. The first-order chi connectivity index (χ1) is 9.20. The summed E-state index contributed by atoms with van der Waals surface area (Å²) in [5.41, 5.74) is 4.19. The smallest absolute Gasteiger partial charge is 0.125 e. The van der Waals surface area contributed by atoms with E-state index in [4.69, 9.17) is 11.6 Å². The first-order valence-corrected chi connectivity index (χ1v) is 7.60. The number of halogens is 3. The topological polar surface area (TPSA) is 3.24 Å². The number of hydrogen-bond donors (Lipinski definition) is 0. The summed E-state index contributed by atoms with van der Waals surface area (Å²) in [7, 11) is 0. The number of alkyl halides is 1. The molecule has 0 aromatic heterocycles. The summed E-state index contributed by atoms with van der Waals surface area (Å²) in [4.78, 5) is 2.11. The molecule has 4 heteroatoms. The van der Waals surface area contributed by atoms with Gasteiger partial charge in [-0.3, -0.25) is 0 Å². The van der Waals surface area contributed by atoms with Crippen LogP contribution in [0.15, 0.2) is 36.4 Å². The summed E-state index contributed by atoms with van der Waals surface area (Å²) in [6.07, 6.45) is 0.919. The molecule has 1 heterocycles. The van der Waals surface area contributed by atoms with Crippen LogP contribution in [0.5, 0.6) is 0 Å². The predicted octanol–water partition coefficient (Wildman–Crippen LogP) is 5.07. The van der Waals surface area contributed by atoms with Gasteiger partial charge in [0, 0.05) is 17.6 Å². The van der Waals surface area contributed by atoms with Crippen molar-refractivity contribution in [2.24, 2.45) is 0 Å². The maximum atomic E-state index is 13.5. The van der Waals surface area contributed by atoms with Crippen molar-refractivity contribution in [2.75, 3.05) is 11.4 Å². The minimum Gasteiger partial charge on any atom is -0.339 e. The van der Waals surface area contributed by atoms with Gasteiger partial charge in [-0.05, 0) is 35.7 Å². The Hall–Kier alpha value is -1.06. The van der Waals surface area contributed by atoms with Gasteiger partial charge in [0.25, 0.3) is 0 Å². The Balaban J connectivity index is 2.14. The van der Waals surface area contributed by atoms with Crippen LogP contribution in [-0.4, -0.2) is 6.54 Å².